The predicted molar refractivity (Wildman–Crippen MR) is 108 cm³/mol. The second kappa shape index (κ2) is 7.79. The Balaban J connectivity index is 1.74. The predicted octanol–water partition coefficient (Wildman–Crippen LogP) is 4.90. The van der Waals surface area contributed by atoms with E-state index in [9.17, 15) is 4.79 Å². The number of nitrogens with one attached hydrogen (secondary N) is 1. The van der Waals surface area contributed by atoms with Crippen molar-refractivity contribution in [3.05, 3.63) is 59.2 Å². The number of nitrogens with zero attached hydrogens (tertiary/aromatic N) is 1. The zero-order chi connectivity index (χ0) is 18.7. The molecule has 0 radical (unpaired) electrons. The van der Waals surface area contributed by atoms with Crippen molar-refractivity contribution in [3.63, 3.8) is 0 Å². The Bertz CT molecular complexity index is 970. The minimum atomic E-state index is -0.0403. The Hall–Kier alpha value is -2.53. The van der Waals surface area contributed by atoms with Gasteiger partial charge in [0.15, 0.2) is 0 Å². The van der Waals surface area contributed by atoms with Crippen LogP contribution in [0.25, 0.3) is 10.9 Å². The van der Waals surface area contributed by atoms with Crippen molar-refractivity contribution in [2.24, 2.45) is 0 Å². The van der Waals surface area contributed by atoms with E-state index >= 15 is 0 Å². The molecule has 26 heavy (non-hydrogen) atoms. The number of fused-ring (bicyclic) bond motifs is 1. The van der Waals surface area contributed by atoms with E-state index < -0.39 is 0 Å². The fraction of sp³-hybridized carbons (Fsp3) is 0.238. The summed E-state index contributed by atoms with van der Waals surface area (Å²) in [6, 6.07) is 13.9. The van der Waals surface area contributed by atoms with Gasteiger partial charge in [0, 0.05) is 11.1 Å². The first-order chi connectivity index (χ1) is 12.5. The number of amides is 1. The number of methoxy groups -OCH3 is 1. The first-order valence-corrected chi connectivity index (χ1v) is 9.41. The molecule has 0 saturated carbocycles. The third-order valence-corrected chi connectivity index (χ3v) is 5.12. The van der Waals surface area contributed by atoms with Gasteiger partial charge in [-0.3, -0.25) is 4.79 Å². The molecular formula is C21H22N2O2S. The maximum absolute atomic E-state index is 12.3. The van der Waals surface area contributed by atoms with Crippen molar-refractivity contribution in [1.29, 1.82) is 0 Å². The Morgan fingerprint density at radius 3 is 2.65 bits per heavy atom. The molecule has 0 aliphatic heterocycles. The highest BCUT2D eigenvalue weighted by Crippen LogP contribution is 2.29. The Kier molecular flexibility index (Phi) is 5.47. The first kappa shape index (κ1) is 18.3. The van der Waals surface area contributed by atoms with E-state index in [-0.39, 0.29) is 5.91 Å². The fourth-order valence-corrected chi connectivity index (χ4v) is 3.65. The second-order valence-electron chi connectivity index (χ2n) is 6.29. The van der Waals surface area contributed by atoms with E-state index in [0.29, 0.717) is 5.75 Å². The number of hydrogen-bond donors (Lipinski definition) is 1. The SMILES string of the molecule is COc1cccc2c(C)cc(SCC(=O)Nc3ccc(C)cc3C)nc12. The molecule has 1 amide bonds. The zero-order valence-electron chi connectivity index (χ0n) is 15.4. The van der Waals surface area contributed by atoms with Crippen LogP contribution in [-0.4, -0.2) is 23.8 Å². The van der Waals surface area contributed by atoms with E-state index in [1.54, 1.807) is 7.11 Å². The summed E-state index contributed by atoms with van der Waals surface area (Å²) in [6.07, 6.45) is 0. The van der Waals surface area contributed by atoms with Gasteiger partial charge in [0.25, 0.3) is 0 Å². The highest BCUT2D eigenvalue weighted by Gasteiger charge is 2.10. The van der Waals surface area contributed by atoms with Gasteiger partial charge >= 0.3 is 0 Å². The molecule has 1 heterocycles. The standard InChI is InChI=1S/C21H22N2O2S/c1-13-8-9-17(15(3)10-13)22-19(24)12-26-20-11-14(2)16-6-5-7-18(25-4)21(16)23-20/h5-11H,12H2,1-4H3,(H,22,24). The minimum Gasteiger partial charge on any atom is -0.494 e. The number of ether oxygens (including phenoxy) is 1. The lowest BCUT2D eigenvalue weighted by Crippen LogP contribution is -2.15. The van der Waals surface area contributed by atoms with E-state index in [4.69, 9.17) is 4.74 Å². The van der Waals surface area contributed by atoms with Gasteiger partial charge in [0.05, 0.1) is 17.9 Å². The van der Waals surface area contributed by atoms with Crippen molar-refractivity contribution in [1.82, 2.24) is 4.98 Å². The van der Waals surface area contributed by atoms with Gasteiger partial charge in [-0.05, 0) is 50.1 Å². The molecule has 2 aromatic carbocycles. The fourth-order valence-electron chi connectivity index (χ4n) is 2.88. The number of aromatic nitrogens is 1. The number of thioether (sulfide) groups is 1. The van der Waals surface area contributed by atoms with Crippen LogP contribution in [-0.2, 0) is 4.79 Å². The van der Waals surface area contributed by atoms with Crippen LogP contribution in [0.3, 0.4) is 0 Å². The third-order valence-electron chi connectivity index (χ3n) is 4.21. The van der Waals surface area contributed by atoms with Crippen LogP contribution in [0, 0.1) is 20.8 Å². The average Bonchev–Trinajstić information content (AvgIpc) is 2.62. The van der Waals surface area contributed by atoms with Crippen LogP contribution in [0.4, 0.5) is 5.69 Å². The van der Waals surface area contributed by atoms with Crippen molar-refractivity contribution in [2.75, 3.05) is 18.2 Å². The van der Waals surface area contributed by atoms with E-state index in [1.807, 2.05) is 57.2 Å². The molecule has 0 saturated heterocycles. The smallest absolute Gasteiger partial charge is 0.234 e. The maximum atomic E-state index is 12.3. The third kappa shape index (κ3) is 3.99. The Morgan fingerprint density at radius 2 is 1.92 bits per heavy atom. The van der Waals surface area contributed by atoms with Gasteiger partial charge in [-0.2, -0.15) is 0 Å². The van der Waals surface area contributed by atoms with Crippen molar-refractivity contribution in [3.8, 4) is 5.75 Å². The molecule has 4 nitrogen and oxygen atoms in total. The van der Waals surface area contributed by atoms with Crippen molar-refractivity contribution in [2.45, 2.75) is 25.8 Å². The van der Waals surface area contributed by atoms with Gasteiger partial charge in [0.1, 0.15) is 11.3 Å². The average molecular weight is 366 g/mol. The summed E-state index contributed by atoms with van der Waals surface area (Å²) in [5.41, 5.74) is 5.04. The second-order valence-corrected chi connectivity index (χ2v) is 7.28. The first-order valence-electron chi connectivity index (χ1n) is 8.42. The zero-order valence-corrected chi connectivity index (χ0v) is 16.2. The van der Waals surface area contributed by atoms with Crippen LogP contribution in [0.2, 0.25) is 0 Å². The van der Waals surface area contributed by atoms with Gasteiger partial charge in [-0.15, -0.1) is 0 Å². The molecule has 0 spiro atoms. The van der Waals surface area contributed by atoms with Gasteiger partial charge < -0.3 is 10.1 Å². The quantitative estimate of drug-likeness (QED) is 0.653. The number of pyridine rings is 1. The highest BCUT2D eigenvalue weighted by molar-refractivity contribution is 7.99. The molecule has 0 unspecified atom stereocenters. The molecule has 0 fully saturated rings. The van der Waals surface area contributed by atoms with Gasteiger partial charge in [0.2, 0.25) is 5.91 Å². The normalized spacial score (nSPS) is 10.8. The van der Waals surface area contributed by atoms with Gasteiger partial charge in [-0.1, -0.05) is 41.6 Å². The largest absolute Gasteiger partial charge is 0.494 e. The van der Waals surface area contributed by atoms with E-state index in [0.717, 1.165) is 38.5 Å². The molecule has 134 valence electrons. The number of carbonyl (C=O) groups excluding carboxylic acids is 1. The molecule has 1 N–H and O–H groups in total. The number of hydrogen-bond acceptors (Lipinski definition) is 4. The van der Waals surface area contributed by atoms with Crippen LogP contribution in [0.15, 0.2) is 47.5 Å². The molecule has 3 rings (SSSR count). The summed E-state index contributed by atoms with van der Waals surface area (Å²) in [5, 5.41) is 4.85. The Labute approximate surface area is 158 Å². The van der Waals surface area contributed by atoms with Crippen LogP contribution < -0.4 is 10.1 Å². The summed E-state index contributed by atoms with van der Waals surface area (Å²) < 4.78 is 5.41. The Morgan fingerprint density at radius 1 is 1.12 bits per heavy atom. The van der Waals surface area contributed by atoms with E-state index in [2.05, 4.69) is 16.4 Å². The number of carbonyl (C=O) groups is 1. The van der Waals surface area contributed by atoms with Crippen LogP contribution in [0.1, 0.15) is 16.7 Å². The van der Waals surface area contributed by atoms with Crippen molar-refractivity contribution >= 4 is 34.3 Å². The van der Waals surface area contributed by atoms with Crippen LogP contribution >= 0.6 is 11.8 Å². The summed E-state index contributed by atoms with van der Waals surface area (Å²) in [7, 11) is 1.64. The number of benzene rings is 2. The number of rotatable bonds is 5. The molecular weight excluding hydrogens is 344 g/mol. The lowest BCUT2D eigenvalue weighted by atomic mass is 10.1. The summed E-state index contributed by atoms with van der Waals surface area (Å²) in [4.78, 5) is 17.0. The monoisotopic (exact) mass is 366 g/mol. The van der Waals surface area contributed by atoms with Gasteiger partial charge in [-0.25, -0.2) is 4.98 Å². The topological polar surface area (TPSA) is 51.2 Å². The molecule has 3 aromatic rings. The van der Waals surface area contributed by atoms with Crippen molar-refractivity contribution < 1.29 is 9.53 Å². The lowest BCUT2D eigenvalue weighted by Gasteiger charge is -2.11. The number of anilines is 1. The van der Waals surface area contributed by atoms with Crippen LogP contribution in [0.5, 0.6) is 5.75 Å². The molecule has 1 aromatic heterocycles. The summed E-state index contributed by atoms with van der Waals surface area (Å²) >= 11 is 1.43. The molecule has 0 atom stereocenters. The molecule has 5 heteroatoms. The summed E-state index contributed by atoms with van der Waals surface area (Å²) in [5.74, 6) is 1.01. The maximum Gasteiger partial charge on any atom is 0.234 e. The lowest BCUT2D eigenvalue weighted by molar-refractivity contribution is -0.113. The number of aryl methyl sites for hydroxylation is 3. The minimum absolute atomic E-state index is 0.0403. The summed E-state index contributed by atoms with van der Waals surface area (Å²) in [6.45, 7) is 6.08. The molecule has 0 bridgehead atoms. The number of para-hydroxylation sites is 1. The highest BCUT2D eigenvalue weighted by atomic mass is 32.2. The molecule has 0 aliphatic carbocycles. The van der Waals surface area contributed by atoms with E-state index in [1.165, 1.54) is 17.3 Å². The molecule has 0 aliphatic rings.